The first kappa shape index (κ1) is 38.3. The fourth-order valence-electron chi connectivity index (χ4n) is 15.4. The Kier molecular flexibility index (Phi) is 13.2. The third-order valence-electron chi connectivity index (χ3n) is 17.8. The van der Waals surface area contributed by atoms with Gasteiger partial charge in [0.1, 0.15) is 0 Å². The molecule has 10 aliphatic rings. The second-order valence-electron chi connectivity index (χ2n) is 20.6. The minimum atomic E-state index is 0.728. The number of nitrogens with one attached hydrogen (secondary N) is 4. The summed E-state index contributed by atoms with van der Waals surface area (Å²) in [6.45, 7) is 4.77. The van der Waals surface area contributed by atoms with Gasteiger partial charge in [-0.3, -0.25) is 0 Å². The van der Waals surface area contributed by atoms with E-state index in [0.717, 1.165) is 95.2 Å². The monoisotopic (exact) mass is 737 g/mol. The molecule has 4 heteroatoms. The second-order valence-corrected chi connectivity index (χ2v) is 20.6. The molecule has 0 aromatic carbocycles. The summed E-state index contributed by atoms with van der Waals surface area (Å²) >= 11 is 0. The van der Waals surface area contributed by atoms with Gasteiger partial charge in [-0.2, -0.15) is 0 Å². The average molecular weight is 737 g/mol. The summed E-state index contributed by atoms with van der Waals surface area (Å²) in [6, 6.07) is 2.91. The van der Waals surface area contributed by atoms with Crippen LogP contribution in [-0.2, 0) is 0 Å². The Balaban J connectivity index is 0.000000142. The zero-order chi connectivity index (χ0) is 36.1. The molecule has 8 aliphatic carbocycles. The number of rotatable bonds is 0. The summed E-state index contributed by atoms with van der Waals surface area (Å²) in [5.41, 5.74) is 0. The molecular formula is C50H80N4. The maximum Gasteiger partial charge on any atom is 0.0135 e. The van der Waals surface area contributed by atoms with E-state index in [1.807, 2.05) is 0 Å². The van der Waals surface area contributed by atoms with E-state index < -0.39 is 0 Å². The number of hydrogen-bond donors (Lipinski definition) is 4. The van der Waals surface area contributed by atoms with Crippen molar-refractivity contribution < 1.29 is 0 Å². The lowest BCUT2D eigenvalue weighted by atomic mass is 9.77. The summed E-state index contributed by atoms with van der Waals surface area (Å²) in [7, 11) is 0. The minimum Gasteiger partial charge on any atom is -0.313 e. The number of hydrogen-bond acceptors (Lipinski definition) is 4. The lowest BCUT2D eigenvalue weighted by Crippen LogP contribution is -2.37. The fraction of sp³-hybridized carbons (Fsp3) is 0.840. The average Bonchev–Trinajstić information content (AvgIpc) is 3.95. The molecule has 16 atom stereocenters. The van der Waals surface area contributed by atoms with E-state index in [9.17, 15) is 0 Å². The summed E-state index contributed by atoms with van der Waals surface area (Å²) in [5, 5.41) is 15.9. The molecule has 0 spiro atoms. The van der Waals surface area contributed by atoms with E-state index >= 15 is 0 Å². The summed E-state index contributed by atoms with van der Waals surface area (Å²) < 4.78 is 0. The molecule has 2 heterocycles. The highest BCUT2D eigenvalue weighted by Gasteiger charge is 2.45. The van der Waals surface area contributed by atoms with Gasteiger partial charge >= 0.3 is 0 Å². The Hall–Kier alpha value is -1.20. The predicted molar refractivity (Wildman–Crippen MR) is 227 cm³/mol. The van der Waals surface area contributed by atoms with Gasteiger partial charge in [-0.25, -0.2) is 0 Å². The largest absolute Gasteiger partial charge is 0.313 e. The highest BCUT2D eigenvalue weighted by atomic mass is 15.0. The first-order valence-corrected chi connectivity index (χ1v) is 24.4. The van der Waals surface area contributed by atoms with Crippen LogP contribution in [0.15, 0.2) is 48.6 Å². The zero-order valence-corrected chi connectivity index (χ0v) is 34.2. The van der Waals surface area contributed by atoms with E-state index in [1.54, 1.807) is 0 Å². The quantitative estimate of drug-likeness (QED) is 0.200. The molecule has 0 radical (unpaired) electrons. The van der Waals surface area contributed by atoms with Crippen molar-refractivity contribution in [1.29, 1.82) is 0 Å². The highest BCUT2D eigenvalue weighted by molar-refractivity contribution is 5.17. The summed E-state index contributed by atoms with van der Waals surface area (Å²) in [5.74, 6) is 10.9. The van der Waals surface area contributed by atoms with E-state index in [4.69, 9.17) is 0 Å². The van der Waals surface area contributed by atoms with Gasteiger partial charge in [0.2, 0.25) is 0 Å². The second kappa shape index (κ2) is 18.6. The van der Waals surface area contributed by atoms with Crippen LogP contribution in [0.3, 0.4) is 0 Å². The maximum atomic E-state index is 3.97. The topological polar surface area (TPSA) is 48.1 Å². The molecule has 0 bridgehead atoms. The van der Waals surface area contributed by atoms with E-state index in [2.05, 4.69) is 69.9 Å². The van der Waals surface area contributed by atoms with Crippen LogP contribution < -0.4 is 21.3 Å². The lowest BCUT2D eigenvalue weighted by molar-refractivity contribution is 0.247. The Morgan fingerprint density at radius 3 is 0.778 bits per heavy atom. The van der Waals surface area contributed by atoms with Gasteiger partial charge in [-0.05, 0) is 161 Å². The summed E-state index contributed by atoms with van der Waals surface area (Å²) in [4.78, 5) is 0. The van der Waals surface area contributed by atoms with Crippen molar-refractivity contribution in [2.75, 3.05) is 26.2 Å². The van der Waals surface area contributed by atoms with Gasteiger partial charge in [0.15, 0.2) is 0 Å². The van der Waals surface area contributed by atoms with Crippen LogP contribution in [0, 0.1) is 71.0 Å². The first-order valence-electron chi connectivity index (χ1n) is 24.4. The molecular weight excluding hydrogens is 657 g/mol. The van der Waals surface area contributed by atoms with Crippen molar-refractivity contribution in [2.24, 2.45) is 71.0 Å². The Morgan fingerprint density at radius 1 is 0.278 bits per heavy atom. The molecule has 4 N–H and O–H groups in total. The van der Waals surface area contributed by atoms with E-state index in [1.165, 1.54) is 167 Å². The van der Waals surface area contributed by atoms with Gasteiger partial charge < -0.3 is 21.3 Å². The van der Waals surface area contributed by atoms with E-state index in [-0.39, 0.29) is 0 Å². The molecule has 8 saturated carbocycles. The molecule has 0 aromatic heterocycles. The minimum absolute atomic E-state index is 0.728. The molecule has 2 aliphatic heterocycles. The van der Waals surface area contributed by atoms with Crippen LogP contribution in [0.2, 0.25) is 0 Å². The molecule has 0 amide bonds. The van der Waals surface area contributed by atoms with Crippen molar-refractivity contribution in [2.45, 2.75) is 165 Å². The van der Waals surface area contributed by atoms with Crippen LogP contribution >= 0.6 is 0 Å². The maximum absolute atomic E-state index is 3.97. The van der Waals surface area contributed by atoms with Crippen LogP contribution in [0.1, 0.15) is 141 Å². The lowest BCUT2D eigenvalue weighted by Gasteiger charge is -2.28. The molecule has 0 unspecified atom stereocenters. The molecule has 0 aromatic rings. The molecule has 54 heavy (non-hydrogen) atoms. The Bertz CT molecular complexity index is 1110. The molecule has 10 rings (SSSR count). The third kappa shape index (κ3) is 8.63. The highest BCUT2D eigenvalue weighted by Crippen LogP contribution is 2.50. The van der Waals surface area contributed by atoms with Crippen LogP contribution in [0.4, 0.5) is 0 Å². The predicted octanol–water partition coefficient (Wildman–Crippen LogP) is 10.1. The zero-order valence-electron chi connectivity index (χ0n) is 34.2. The molecule has 300 valence electrons. The van der Waals surface area contributed by atoms with Gasteiger partial charge in [-0.1, -0.05) is 126 Å². The Morgan fingerprint density at radius 2 is 0.519 bits per heavy atom. The summed E-state index contributed by atoms with van der Waals surface area (Å²) in [6.07, 6.45) is 51.9. The van der Waals surface area contributed by atoms with Crippen molar-refractivity contribution in [3.63, 3.8) is 0 Å². The van der Waals surface area contributed by atoms with Crippen LogP contribution in [0.5, 0.6) is 0 Å². The van der Waals surface area contributed by atoms with E-state index in [0.29, 0.717) is 0 Å². The standard InChI is InChI=1S/2C25H40N2/c2*1-3-10-20-18(8-1)16-24-22(20)12-5-6-13-23-21-11-4-2-9-19(21)17-25(23)27-15-7-14-26-24/h2*5-6,12-13,18-27H,1-4,7-11,14-17H2/b2*12-5+,13-6+/t2*18-,19-,20+,21+,22-,23-,24+,25+/m00/s1. The fourth-order valence-corrected chi connectivity index (χ4v) is 15.4. The molecule has 8 fully saturated rings. The van der Waals surface area contributed by atoms with Gasteiger partial charge in [-0.15, -0.1) is 0 Å². The number of allylic oxidation sites excluding steroid dienone is 4. The van der Waals surface area contributed by atoms with Crippen molar-refractivity contribution in [3.8, 4) is 0 Å². The molecule has 4 nitrogen and oxygen atoms in total. The normalized spacial score (nSPS) is 50.1. The van der Waals surface area contributed by atoms with Crippen LogP contribution in [0.25, 0.3) is 0 Å². The van der Waals surface area contributed by atoms with Crippen molar-refractivity contribution >= 4 is 0 Å². The smallest absolute Gasteiger partial charge is 0.0135 e. The number of fused-ring (bicyclic) bond motifs is 12. The third-order valence-corrected chi connectivity index (χ3v) is 17.8. The van der Waals surface area contributed by atoms with Crippen molar-refractivity contribution in [1.82, 2.24) is 21.3 Å². The van der Waals surface area contributed by atoms with Crippen LogP contribution in [-0.4, -0.2) is 50.3 Å². The van der Waals surface area contributed by atoms with Gasteiger partial charge in [0.25, 0.3) is 0 Å². The first-order chi connectivity index (χ1) is 26.8. The van der Waals surface area contributed by atoms with Gasteiger partial charge in [0, 0.05) is 24.2 Å². The van der Waals surface area contributed by atoms with Gasteiger partial charge in [0.05, 0.1) is 0 Å². The Labute approximate surface area is 331 Å². The SMILES string of the molecule is C1=C/[C@H]2[C@@H]3CCCC[C@H]3C[C@H]2NCCCN[C@@H]2C[C@@H]3CCCC[C@H]3[C@@H]2/C=C/1.C1=C/[C@H]2[C@@H]3CCCC[C@H]3C[C@H]2NCCCN[C@@H]2C[C@@H]3CCCC[C@H]3[C@@H]2/C=C/1. The molecule has 0 saturated heterocycles. The van der Waals surface area contributed by atoms with Crippen molar-refractivity contribution in [3.05, 3.63) is 48.6 Å².